The molecule has 3 heteroatoms. The first-order chi connectivity index (χ1) is 6.25. The Labute approximate surface area is 84.0 Å². The van der Waals surface area contributed by atoms with Gasteiger partial charge in [0.15, 0.2) is 0 Å². The number of halogens is 1. The fourth-order valence-electron chi connectivity index (χ4n) is 1.19. The maximum atomic E-state index is 13.2. The maximum Gasteiger partial charge on any atom is 0.146 e. The van der Waals surface area contributed by atoms with Gasteiger partial charge in [0.05, 0.1) is 5.69 Å². The molecule has 0 N–H and O–H groups in total. The van der Waals surface area contributed by atoms with Crippen LogP contribution in [0.25, 0.3) is 0 Å². The van der Waals surface area contributed by atoms with Crippen LogP contribution >= 0.6 is 12.6 Å². The van der Waals surface area contributed by atoms with Crippen molar-refractivity contribution in [1.29, 1.82) is 0 Å². The Morgan fingerprint density at radius 3 is 2.69 bits per heavy atom. The third kappa shape index (κ3) is 2.92. The van der Waals surface area contributed by atoms with E-state index in [1.54, 1.807) is 12.1 Å². The SMILES string of the molecule is CN(CCCS)c1ccccc1F. The molecule has 0 radical (unpaired) electrons. The van der Waals surface area contributed by atoms with E-state index < -0.39 is 0 Å². The van der Waals surface area contributed by atoms with E-state index >= 15 is 0 Å². The molecule has 72 valence electrons. The Morgan fingerprint density at radius 1 is 1.38 bits per heavy atom. The van der Waals surface area contributed by atoms with Crippen LogP contribution in [0.1, 0.15) is 6.42 Å². The molecule has 0 spiro atoms. The molecule has 0 unspecified atom stereocenters. The minimum atomic E-state index is -0.163. The van der Waals surface area contributed by atoms with Gasteiger partial charge in [0.2, 0.25) is 0 Å². The van der Waals surface area contributed by atoms with Crippen LogP contribution in [0.4, 0.5) is 10.1 Å². The number of hydrogen-bond acceptors (Lipinski definition) is 2. The lowest BCUT2D eigenvalue weighted by Gasteiger charge is -2.19. The van der Waals surface area contributed by atoms with E-state index in [-0.39, 0.29) is 5.82 Å². The predicted octanol–water partition coefficient (Wildman–Crippen LogP) is 2.58. The van der Waals surface area contributed by atoms with Crippen molar-refractivity contribution < 1.29 is 4.39 Å². The summed E-state index contributed by atoms with van der Waals surface area (Å²) in [6.45, 7) is 0.838. The van der Waals surface area contributed by atoms with Gasteiger partial charge in [0, 0.05) is 13.6 Å². The standard InChI is InChI=1S/C10H14FNS/c1-12(7-4-8-13)10-6-3-2-5-9(10)11/h2-3,5-6,13H,4,7-8H2,1H3. The Kier molecular flexibility index (Phi) is 4.09. The third-order valence-electron chi connectivity index (χ3n) is 1.92. The Bertz CT molecular complexity index is 265. The van der Waals surface area contributed by atoms with Gasteiger partial charge >= 0.3 is 0 Å². The fourth-order valence-corrected chi connectivity index (χ4v) is 1.33. The number of hydrogen-bond donors (Lipinski definition) is 1. The third-order valence-corrected chi connectivity index (χ3v) is 2.23. The lowest BCUT2D eigenvalue weighted by Crippen LogP contribution is -2.19. The largest absolute Gasteiger partial charge is 0.372 e. The van der Waals surface area contributed by atoms with Gasteiger partial charge in [-0.25, -0.2) is 4.39 Å². The van der Waals surface area contributed by atoms with Gasteiger partial charge in [-0.3, -0.25) is 0 Å². The Hall–Kier alpha value is -0.700. The van der Waals surface area contributed by atoms with Gasteiger partial charge in [0.25, 0.3) is 0 Å². The second-order valence-electron chi connectivity index (χ2n) is 2.95. The Balaban J connectivity index is 2.65. The fraction of sp³-hybridized carbons (Fsp3) is 0.400. The zero-order chi connectivity index (χ0) is 9.68. The molecule has 0 bridgehead atoms. The molecule has 0 aliphatic heterocycles. The zero-order valence-electron chi connectivity index (χ0n) is 7.70. The van der Waals surface area contributed by atoms with Crippen LogP contribution in [0, 0.1) is 5.82 Å². The summed E-state index contributed by atoms with van der Waals surface area (Å²) in [5.74, 6) is 0.669. The highest BCUT2D eigenvalue weighted by atomic mass is 32.1. The Morgan fingerprint density at radius 2 is 2.08 bits per heavy atom. The van der Waals surface area contributed by atoms with Crippen LogP contribution in [-0.2, 0) is 0 Å². The van der Waals surface area contributed by atoms with Crippen molar-refractivity contribution in [2.75, 3.05) is 24.2 Å². The number of rotatable bonds is 4. The summed E-state index contributed by atoms with van der Waals surface area (Å²) in [7, 11) is 1.89. The van der Waals surface area contributed by atoms with Crippen molar-refractivity contribution in [3.05, 3.63) is 30.1 Å². The molecule has 0 amide bonds. The van der Waals surface area contributed by atoms with Crippen molar-refractivity contribution in [2.45, 2.75) is 6.42 Å². The lowest BCUT2D eigenvalue weighted by molar-refractivity contribution is 0.622. The summed E-state index contributed by atoms with van der Waals surface area (Å²) < 4.78 is 13.2. The number of thiol groups is 1. The van der Waals surface area contributed by atoms with E-state index in [1.807, 2.05) is 18.0 Å². The van der Waals surface area contributed by atoms with Crippen LogP contribution in [0.3, 0.4) is 0 Å². The molecule has 0 aromatic heterocycles. The highest BCUT2D eigenvalue weighted by Crippen LogP contribution is 2.16. The highest BCUT2D eigenvalue weighted by molar-refractivity contribution is 7.80. The molecule has 0 saturated carbocycles. The molecular formula is C10H14FNS. The average molecular weight is 199 g/mol. The van der Waals surface area contributed by atoms with E-state index in [0.29, 0.717) is 5.69 Å². The average Bonchev–Trinajstić information content (AvgIpc) is 2.15. The van der Waals surface area contributed by atoms with E-state index in [1.165, 1.54) is 6.07 Å². The molecule has 0 fully saturated rings. The van der Waals surface area contributed by atoms with Crippen LogP contribution in [0.15, 0.2) is 24.3 Å². The summed E-state index contributed by atoms with van der Waals surface area (Å²) in [5, 5.41) is 0. The second-order valence-corrected chi connectivity index (χ2v) is 3.40. The molecular weight excluding hydrogens is 185 g/mol. The molecule has 0 atom stereocenters. The number of para-hydroxylation sites is 1. The molecule has 0 saturated heterocycles. The smallest absolute Gasteiger partial charge is 0.146 e. The van der Waals surface area contributed by atoms with Gasteiger partial charge in [0.1, 0.15) is 5.82 Å². The van der Waals surface area contributed by atoms with Crippen molar-refractivity contribution in [2.24, 2.45) is 0 Å². The van der Waals surface area contributed by atoms with Crippen molar-refractivity contribution in [3.63, 3.8) is 0 Å². The van der Waals surface area contributed by atoms with Crippen LogP contribution in [0.2, 0.25) is 0 Å². The lowest BCUT2D eigenvalue weighted by atomic mass is 10.3. The minimum Gasteiger partial charge on any atom is -0.372 e. The van der Waals surface area contributed by atoms with E-state index in [0.717, 1.165) is 18.7 Å². The predicted molar refractivity (Wildman–Crippen MR) is 58.1 cm³/mol. The summed E-state index contributed by atoms with van der Waals surface area (Å²) in [4.78, 5) is 1.91. The molecule has 0 aliphatic rings. The number of benzene rings is 1. The molecule has 0 aliphatic carbocycles. The molecule has 1 aromatic rings. The highest BCUT2D eigenvalue weighted by Gasteiger charge is 2.04. The molecule has 13 heavy (non-hydrogen) atoms. The number of anilines is 1. The molecule has 1 aromatic carbocycles. The first-order valence-electron chi connectivity index (χ1n) is 4.32. The quantitative estimate of drug-likeness (QED) is 0.729. The van der Waals surface area contributed by atoms with Crippen LogP contribution < -0.4 is 4.90 Å². The normalized spacial score (nSPS) is 10.1. The van der Waals surface area contributed by atoms with Gasteiger partial charge in [-0.15, -0.1) is 0 Å². The monoisotopic (exact) mass is 199 g/mol. The van der Waals surface area contributed by atoms with Crippen molar-refractivity contribution in [3.8, 4) is 0 Å². The zero-order valence-corrected chi connectivity index (χ0v) is 8.60. The summed E-state index contributed by atoms with van der Waals surface area (Å²) in [6.07, 6.45) is 0.966. The van der Waals surface area contributed by atoms with Gasteiger partial charge in [-0.2, -0.15) is 12.6 Å². The summed E-state index contributed by atoms with van der Waals surface area (Å²) in [6, 6.07) is 6.81. The van der Waals surface area contributed by atoms with Crippen molar-refractivity contribution >= 4 is 18.3 Å². The van der Waals surface area contributed by atoms with Crippen LogP contribution in [-0.4, -0.2) is 19.3 Å². The van der Waals surface area contributed by atoms with E-state index in [2.05, 4.69) is 12.6 Å². The van der Waals surface area contributed by atoms with Crippen LogP contribution in [0.5, 0.6) is 0 Å². The molecule has 0 heterocycles. The summed E-state index contributed by atoms with van der Waals surface area (Å²) >= 11 is 4.11. The van der Waals surface area contributed by atoms with Gasteiger partial charge < -0.3 is 4.90 Å². The first-order valence-corrected chi connectivity index (χ1v) is 4.95. The van der Waals surface area contributed by atoms with Crippen molar-refractivity contribution in [1.82, 2.24) is 0 Å². The maximum absolute atomic E-state index is 13.2. The summed E-state index contributed by atoms with van der Waals surface area (Å²) in [5.41, 5.74) is 0.657. The molecule has 1 nitrogen and oxygen atoms in total. The van der Waals surface area contributed by atoms with E-state index in [4.69, 9.17) is 0 Å². The minimum absolute atomic E-state index is 0.163. The first kappa shape index (κ1) is 10.4. The topological polar surface area (TPSA) is 3.24 Å². The van der Waals surface area contributed by atoms with Gasteiger partial charge in [-0.1, -0.05) is 12.1 Å². The van der Waals surface area contributed by atoms with Gasteiger partial charge in [-0.05, 0) is 24.3 Å². The molecule has 1 rings (SSSR count). The van der Waals surface area contributed by atoms with E-state index in [9.17, 15) is 4.39 Å². The second kappa shape index (κ2) is 5.12. The number of nitrogens with zero attached hydrogens (tertiary/aromatic N) is 1.